The van der Waals surface area contributed by atoms with Crippen LogP contribution in [0.3, 0.4) is 0 Å². The molecule has 4 heterocycles. The Morgan fingerprint density at radius 1 is 0.966 bits per heavy atom. The summed E-state index contributed by atoms with van der Waals surface area (Å²) in [4.78, 5) is 80.8. The van der Waals surface area contributed by atoms with Crippen molar-refractivity contribution in [2.45, 2.75) is 44.6 Å². The topological polar surface area (TPSA) is 210 Å². The number of aliphatic hydroxyl groups excluding tert-OH is 1. The Morgan fingerprint density at radius 2 is 1.71 bits per heavy atom. The monoisotopic (exact) mass is 803 g/mol. The molecule has 2 atom stereocenters. The summed E-state index contributed by atoms with van der Waals surface area (Å²) in [6.45, 7) is 1.73. The predicted molar refractivity (Wildman–Crippen MR) is 209 cm³/mol. The van der Waals surface area contributed by atoms with E-state index in [1.54, 1.807) is 63.2 Å². The molecule has 0 aliphatic carbocycles. The summed E-state index contributed by atoms with van der Waals surface area (Å²) < 4.78 is 24.6. The molecule has 58 heavy (non-hydrogen) atoms. The zero-order chi connectivity index (χ0) is 41.7. The van der Waals surface area contributed by atoms with Crippen LogP contribution in [0.25, 0.3) is 11.1 Å². The average Bonchev–Trinajstić information content (AvgIpc) is 3.47. The van der Waals surface area contributed by atoms with Crippen LogP contribution in [0.15, 0.2) is 41.3 Å². The van der Waals surface area contributed by atoms with E-state index in [4.69, 9.17) is 18.9 Å². The number of urea groups is 1. The Morgan fingerprint density at radius 3 is 2.40 bits per heavy atom. The Kier molecular flexibility index (Phi) is 13.0. The summed E-state index contributed by atoms with van der Waals surface area (Å²) in [5.41, 5.74) is 3.86. The highest BCUT2D eigenvalue weighted by Crippen LogP contribution is 2.38. The lowest BCUT2D eigenvalue weighted by Gasteiger charge is -2.33. The molecule has 1 saturated heterocycles. The van der Waals surface area contributed by atoms with Crippen LogP contribution in [0.1, 0.15) is 50.2 Å². The number of carbonyl (C=O) groups excluding carboxylic acids is 5. The standard InChI is InChI=1S/C40H49N7O11/c1-41-40(54)46-13-11-24-27(21-46)26(20-45(3)37(24)51)23-17-31(55-4)28(32(18-23)56-5)19-44(2)22-34(49)42-12-14-57-15-16-58-30-8-6-7-25-35(30)39(53)47(38(25)52)29-9-10-33(48)43-36(29)50/h6-8,17-18,20,29,36,50H,9-16,19,21-22H2,1-5H3,(H,41,54)(H,42,49)(H,43,48). The van der Waals surface area contributed by atoms with E-state index in [-0.39, 0.29) is 92.6 Å². The molecular weight excluding hydrogens is 754 g/mol. The van der Waals surface area contributed by atoms with Crippen molar-refractivity contribution in [2.24, 2.45) is 7.05 Å². The van der Waals surface area contributed by atoms with Gasteiger partial charge in [-0.1, -0.05) is 6.07 Å². The number of nitrogens with zero attached hydrogens (tertiary/aromatic N) is 4. The molecule has 2 unspecified atom stereocenters. The molecule has 0 bridgehead atoms. The number of pyridine rings is 1. The van der Waals surface area contributed by atoms with Crippen LogP contribution in [-0.2, 0) is 40.9 Å². The minimum atomic E-state index is -1.36. The number of carbonyl (C=O) groups is 5. The Labute approximate surface area is 334 Å². The number of nitrogens with one attached hydrogen (secondary N) is 3. The van der Waals surface area contributed by atoms with Gasteiger partial charge < -0.3 is 49.5 Å². The van der Waals surface area contributed by atoms with Gasteiger partial charge in [-0.25, -0.2) is 4.79 Å². The number of ether oxygens (including phenoxy) is 4. The van der Waals surface area contributed by atoms with Crippen molar-refractivity contribution in [1.82, 2.24) is 35.2 Å². The van der Waals surface area contributed by atoms with Crippen LogP contribution < -0.4 is 35.7 Å². The lowest BCUT2D eigenvalue weighted by Crippen LogP contribution is -2.57. The van der Waals surface area contributed by atoms with Gasteiger partial charge in [-0.15, -0.1) is 0 Å². The minimum Gasteiger partial charge on any atom is -0.496 e. The molecule has 310 valence electrons. The number of piperidine rings is 1. The minimum absolute atomic E-state index is 0.0634. The van der Waals surface area contributed by atoms with Gasteiger partial charge in [-0.3, -0.25) is 33.8 Å². The first-order valence-corrected chi connectivity index (χ1v) is 18.9. The Hall–Kier alpha value is -5.98. The fourth-order valence-electron chi connectivity index (χ4n) is 7.60. The van der Waals surface area contributed by atoms with Gasteiger partial charge in [0.25, 0.3) is 17.4 Å². The first-order valence-electron chi connectivity index (χ1n) is 18.9. The lowest BCUT2D eigenvalue weighted by molar-refractivity contribution is -0.129. The number of aliphatic hydroxyl groups is 1. The third-order valence-corrected chi connectivity index (χ3v) is 10.5. The SMILES string of the molecule is CNC(=O)N1CCc2c(c(-c3cc(OC)c(CN(C)CC(=O)NCCOCCOc4cccc5c4C(=O)N(C4CCC(=O)NC4O)C5=O)c(OC)c3)cn(C)c2=O)C1. The van der Waals surface area contributed by atoms with Crippen molar-refractivity contribution in [2.75, 3.05) is 67.8 Å². The van der Waals surface area contributed by atoms with E-state index in [0.717, 1.165) is 27.2 Å². The van der Waals surface area contributed by atoms with Crippen LogP contribution in [0.2, 0.25) is 0 Å². The van der Waals surface area contributed by atoms with E-state index >= 15 is 0 Å². The summed E-state index contributed by atoms with van der Waals surface area (Å²) in [6, 6.07) is 7.33. The van der Waals surface area contributed by atoms with E-state index in [9.17, 15) is 33.9 Å². The van der Waals surface area contributed by atoms with Crippen molar-refractivity contribution >= 4 is 29.7 Å². The van der Waals surface area contributed by atoms with Crippen molar-refractivity contribution in [3.8, 4) is 28.4 Å². The molecule has 3 aliphatic rings. The maximum Gasteiger partial charge on any atom is 0.317 e. The first-order chi connectivity index (χ1) is 27.9. The third kappa shape index (κ3) is 8.63. The van der Waals surface area contributed by atoms with Crippen LogP contribution >= 0.6 is 0 Å². The van der Waals surface area contributed by atoms with Gasteiger partial charge in [0, 0.05) is 64.0 Å². The summed E-state index contributed by atoms with van der Waals surface area (Å²) in [5.74, 6) is -0.478. The Bertz CT molecular complexity index is 2130. The number of aryl methyl sites for hydroxylation is 1. The van der Waals surface area contributed by atoms with Crippen molar-refractivity contribution in [3.63, 3.8) is 0 Å². The molecule has 0 saturated carbocycles. The number of hydrogen-bond donors (Lipinski definition) is 4. The number of likely N-dealkylation sites (N-methyl/N-ethyl adjacent to an activating group) is 1. The number of amides is 6. The summed E-state index contributed by atoms with van der Waals surface area (Å²) in [5, 5.41) is 18.2. The molecule has 4 N–H and O–H groups in total. The first kappa shape index (κ1) is 41.6. The van der Waals surface area contributed by atoms with Crippen LogP contribution in [0.5, 0.6) is 17.2 Å². The van der Waals surface area contributed by atoms with Crippen molar-refractivity contribution in [3.05, 3.63) is 74.7 Å². The number of imide groups is 1. The van der Waals surface area contributed by atoms with Gasteiger partial charge >= 0.3 is 6.03 Å². The second kappa shape index (κ2) is 18.1. The largest absolute Gasteiger partial charge is 0.496 e. The molecule has 0 spiro atoms. The van der Waals surface area contributed by atoms with Gasteiger partial charge in [-0.2, -0.15) is 0 Å². The normalized spacial score (nSPS) is 17.5. The summed E-state index contributed by atoms with van der Waals surface area (Å²) in [6.07, 6.45) is 1.07. The highest BCUT2D eigenvalue weighted by atomic mass is 16.5. The molecule has 1 fully saturated rings. The smallest absolute Gasteiger partial charge is 0.317 e. The van der Waals surface area contributed by atoms with Crippen LogP contribution in [-0.4, -0.2) is 134 Å². The van der Waals surface area contributed by atoms with Gasteiger partial charge in [-0.05, 0) is 55.3 Å². The highest BCUT2D eigenvalue weighted by molar-refractivity contribution is 6.23. The second-order valence-electron chi connectivity index (χ2n) is 14.3. The molecule has 0 radical (unpaired) electrons. The van der Waals surface area contributed by atoms with Crippen molar-refractivity contribution in [1.29, 1.82) is 0 Å². The molecule has 1 aromatic heterocycles. The zero-order valence-electron chi connectivity index (χ0n) is 33.2. The van der Waals surface area contributed by atoms with E-state index in [2.05, 4.69) is 16.0 Å². The van der Waals surface area contributed by atoms with Gasteiger partial charge in [0.2, 0.25) is 11.8 Å². The quantitative estimate of drug-likeness (QED) is 0.123. The fraction of sp³-hybridized carbons (Fsp3) is 0.450. The van der Waals surface area contributed by atoms with Crippen molar-refractivity contribution < 1.29 is 48.0 Å². The van der Waals surface area contributed by atoms with E-state index in [1.807, 2.05) is 17.0 Å². The highest BCUT2D eigenvalue weighted by Gasteiger charge is 2.45. The number of aromatic nitrogens is 1. The molecule has 18 heteroatoms. The van der Waals surface area contributed by atoms with Crippen LogP contribution in [0, 0.1) is 0 Å². The van der Waals surface area contributed by atoms with Gasteiger partial charge in [0.1, 0.15) is 30.1 Å². The predicted octanol–water partition coefficient (Wildman–Crippen LogP) is 0.604. The lowest BCUT2D eigenvalue weighted by atomic mass is 9.92. The molecule has 6 rings (SSSR count). The molecular formula is C40H49N7O11. The average molecular weight is 804 g/mol. The maximum atomic E-state index is 13.3. The molecule has 6 amide bonds. The summed E-state index contributed by atoms with van der Waals surface area (Å²) >= 11 is 0. The third-order valence-electron chi connectivity index (χ3n) is 10.5. The molecule has 3 aromatic rings. The van der Waals surface area contributed by atoms with E-state index in [0.29, 0.717) is 36.6 Å². The molecule has 18 nitrogen and oxygen atoms in total. The number of benzene rings is 2. The summed E-state index contributed by atoms with van der Waals surface area (Å²) in [7, 11) is 8.18. The van der Waals surface area contributed by atoms with Gasteiger partial charge in [0.15, 0.2) is 0 Å². The zero-order valence-corrected chi connectivity index (χ0v) is 33.2. The number of hydrogen-bond acceptors (Lipinski definition) is 12. The molecule has 2 aromatic carbocycles. The van der Waals surface area contributed by atoms with E-state index < -0.39 is 24.1 Å². The number of rotatable bonds is 15. The number of methoxy groups -OCH3 is 2. The second-order valence-corrected chi connectivity index (χ2v) is 14.3. The maximum absolute atomic E-state index is 13.3. The van der Waals surface area contributed by atoms with Gasteiger partial charge in [0.05, 0.1) is 56.7 Å². The fourth-order valence-corrected chi connectivity index (χ4v) is 7.60. The molecule has 3 aliphatic heterocycles. The number of fused-ring (bicyclic) bond motifs is 2. The Balaban J connectivity index is 0.991. The van der Waals surface area contributed by atoms with E-state index in [1.165, 1.54) is 6.07 Å². The van der Waals surface area contributed by atoms with Crippen LogP contribution in [0.4, 0.5) is 4.79 Å².